The smallest absolute Gasteiger partial charge is 0.165 e. The van der Waals surface area contributed by atoms with Crippen molar-refractivity contribution in [3.8, 4) is 11.5 Å². The Bertz CT molecular complexity index is 399. The van der Waals surface area contributed by atoms with Crippen LogP contribution >= 0.6 is 0 Å². The molecule has 0 radical (unpaired) electrons. The molecule has 1 heterocycles. The maximum atomic E-state index is 5.93. The van der Waals surface area contributed by atoms with E-state index in [1.165, 1.54) is 5.56 Å². The summed E-state index contributed by atoms with van der Waals surface area (Å²) in [6.07, 6.45) is 1.79. The first-order valence-electron chi connectivity index (χ1n) is 6.17. The number of hydrogen-bond donors (Lipinski definition) is 1. The van der Waals surface area contributed by atoms with E-state index in [1.54, 1.807) is 0 Å². The van der Waals surface area contributed by atoms with Gasteiger partial charge in [-0.1, -0.05) is 12.1 Å². The fourth-order valence-electron chi connectivity index (χ4n) is 2.06. The summed E-state index contributed by atoms with van der Waals surface area (Å²) in [5, 5.41) is 0. The predicted molar refractivity (Wildman–Crippen MR) is 68.6 cm³/mol. The van der Waals surface area contributed by atoms with E-state index in [4.69, 9.17) is 15.2 Å². The second-order valence-electron chi connectivity index (χ2n) is 5.40. The van der Waals surface area contributed by atoms with Gasteiger partial charge in [0.1, 0.15) is 5.60 Å². The van der Waals surface area contributed by atoms with Crippen molar-refractivity contribution in [3.63, 3.8) is 0 Å². The van der Waals surface area contributed by atoms with E-state index in [1.807, 2.05) is 19.1 Å². The third kappa shape index (κ3) is 2.91. The Hall–Kier alpha value is -1.22. The first kappa shape index (κ1) is 12.2. The maximum absolute atomic E-state index is 5.93. The number of rotatable bonds is 4. The minimum absolute atomic E-state index is 0.122. The third-order valence-corrected chi connectivity index (χ3v) is 2.89. The van der Waals surface area contributed by atoms with Gasteiger partial charge in [-0.15, -0.1) is 0 Å². The molecule has 1 aromatic rings. The lowest BCUT2D eigenvalue weighted by Gasteiger charge is -2.18. The number of para-hydroxylation sites is 1. The minimum Gasteiger partial charge on any atom is -0.490 e. The van der Waals surface area contributed by atoms with Crippen molar-refractivity contribution in [2.24, 2.45) is 5.73 Å². The molecule has 0 aliphatic carbocycles. The van der Waals surface area contributed by atoms with Gasteiger partial charge in [0, 0.05) is 18.0 Å². The molecule has 3 nitrogen and oxygen atoms in total. The normalized spacial score (nSPS) is 18.4. The highest BCUT2D eigenvalue weighted by Gasteiger charge is 2.32. The largest absolute Gasteiger partial charge is 0.490 e. The molecule has 0 saturated heterocycles. The molecule has 17 heavy (non-hydrogen) atoms. The zero-order valence-electron chi connectivity index (χ0n) is 10.8. The topological polar surface area (TPSA) is 44.5 Å². The monoisotopic (exact) mass is 235 g/mol. The van der Waals surface area contributed by atoms with Crippen molar-refractivity contribution in [1.29, 1.82) is 0 Å². The highest BCUT2D eigenvalue weighted by atomic mass is 16.5. The standard InChI is InChI=1S/C14H21NO2/c1-10(15)7-8-16-12-6-4-5-11-9-14(2,3)17-13(11)12/h4-6,10H,7-9,15H2,1-3H3. The van der Waals surface area contributed by atoms with Crippen molar-refractivity contribution in [3.05, 3.63) is 23.8 Å². The molecule has 0 saturated carbocycles. The quantitative estimate of drug-likeness (QED) is 0.872. The second kappa shape index (κ2) is 4.57. The molecule has 0 bridgehead atoms. The molecule has 0 fully saturated rings. The molecule has 1 unspecified atom stereocenters. The lowest BCUT2D eigenvalue weighted by molar-refractivity contribution is 0.132. The summed E-state index contributed by atoms with van der Waals surface area (Å²) in [5.41, 5.74) is 6.81. The van der Waals surface area contributed by atoms with Crippen LogP contribution in [0.4, 0.5) is 0 Å². The molecule has 1 aromatic carbocycles. The molecule has 94 valence electrons. The van der Waals surface area contributed by atoms with Crippen LogP contribution in [0.15, 0.2) is 18.2 Å². The SMILES string of the molecule is CC(N)CCOc1cccc2c1OC(C)(C)C2. The van der Waals surface area contributed by atoms with E-state index in [9.17, 15) is 0 Å². The lowest BCUT2D eigenvalue weighted by Crippen LogP contribution is -2.24. The Balaban J connectivity index is 2.08. The summed E-state index contributed by atoms with van der Waals surface area (Å²) in [6, 6.07) is 6.25. The number of ether oxygens (including phenoxy) is 2. The van der Waals surface area contributed by atoms with Crippen LogP contribution in [0.1, 0.15) is 32.8 Å². The van der Waals surface area contributed by atoms with Crippen LogP contribution in [0.3, 0.4) is 0 Å². The van der Waals surface area contributed by atoms with E-state index in [2.05, 4.69) is 19.9 Å². The van der Waals surface area contributed by atoms with Gasteiger partial charge in [-0.25, -0.2) is 0 Å². The summed E-state index contributed by atoms with van der Waals surface area (Å²) in [6.45, 7) is 6.81. The Morgan fingerprint density at radius 3 is 2.94 bits per heavy atom. The van der Waals surface area contributed by atoms with Crippen LogP contribution < -0.4 is 15.2 Å². The summed E-state index contributed by atoms with van der Waals surface area (Å²) < 4.78 is 11.7. The van der Waals surface area contributed by atoms with Gasteiger partial charge in [-0.05, 0) is 33.3 Å². The molecule has 0 spiro atoms. The van der Waals surface area contributed by atoms with Crippen LogP contribution in [0.2, 0.25) is 0 Å². The van der Waals surface area contributed by atoms with E-state index < -0.39 is 0 Å². The van der Waals surface area contributed by atoms with Crippen LogP contribution in [0.25, 0.3) is 0 Å². The van der Waals surface area contributed by atoms with Crippen molar-refractivity contribution in [2.45, 2.75) is 45.3 Å². The van der Waals surface area contributed by atoms with Gasteiger partial charge in [-0.3, -0.25) is 0 Å². The zero-order chi connectivity index (χ0) is 12.5. The number of benzene rings is 1. The average Bonchev–Trinajstić information content (AvgIpc) is 2.52. The van der Waals surface area contributed by atoms with Gasteiger partial charge < -0.3 is 15.2 Å². The summed E-state index contributed by atoms with van der Waals surface area (Å²) in [4.78, 5) is 0. The van der Waals surface area contributed by atoms with Crippen molar-refractivity contribution in [2.75, 3.05) is 6.61 Å². The molecular weight excluding hydrogens is 214 g/mol. The van der Waals surface area contributed by atoms with Crippen molar-refractivity contribution >= 4 is 0 Å². The molecule has 0 amide bonds. The van der Waals surface area contributed by atoms with Crippen molar-refractivity contribution in [1.82, 2.24) is 0 Å². The van der Waals surface area contributed by atoms with Crippen LogP contribution in [0.5, 0.6) is 11.5 Å². The Kier molecular flexibility index (Phi) is 3.29. The molecule has 0 aromatic heterocycles. The Morgan fingerprint density at radius 1 is 1.47 bits per heavy atom. The number of hydrogen-bond acceptors (Lipinski definition) is 3. The van der Waals surface area contributed by atoms with Gasteiger partial charge in [-0.2, -0.15) is 0 Å². The first-order valence-corrected chi connectivity index (χ1v) is 6.17. The fourth-order valence-corrected chi connectivity index (χ4v) is 2.06. The van der Waals surface area contributed by atoms with Gasteiger partial charge in [0.25, 0.3) is 0 Å². The molecule has 1 atom stereocenters. The van der Waals surface area contributed by atoms with E-state index in [0.29, 0.717) is 6.61 Å². The lowest BCUT2D eigenvalue weighted by atomic mass is 10.0. The Labute approximate surface area is 103 Å². The fraction of sp³-hybridized carbons (Fsp3) is 0.571. The number of nitrogens with two attached hydrogens (primary N) is 1. The molecule has 2 N–H and O–H groups in total. The van der Waals surface area contributed by atoms with Gasteiger partial charge in [0.2, 0.25) is 0 Å². The van der Waals surface area contributed by atoms with Gasteiger partial charge >= 0.3 is 0 Å². The summed E-state index contributed by atoms with van der Waals surface area (Å²) >= 11 is 0. The maximum Gasteiger partial charge on any atom is 0.165 e. The highest BCUT2D eigenvalue weighted by Crippen LogP contribution is 2.41. The van der Waals surface area contributed by atoms with Crippen molar-refractivity contribution < 1.29 is 9.47 Å². The van der Waals surface area contributed by atoms with Gasteiger partial charge in [0.15, 0.2) is 11.5 Å². The highest BCUT2D eigenvalue weighted by molar-refractivity contribution is 5.50. The zero-order valence-corrected chi connectivity index (χ0v) is 10.8. The number of fused-ring (bicyclic) bond motifs is 1. The van der Waals surface area contributed by atoms with Crippen LogP contribution in [-0.4, -0.2) is 18.2 Å². The van der Waals surface area contributed by atoms with Crippen LogP contribution in [0, 0.1) is 0 Å². The molecule has 1 aliphatic heterocycles. The summed E-state index contributed by atoms with van der Waals surface area (Å²) in [5.74, 6) is 1.75. The molecule has 2 rings (SSSR count). The van der Waals surface area contributed by atoms with E-state index in [0.717, 1.165) is 24.3 Å². The van der Waals surface area contributed by atoms with E-state index >= 15 is 0 Å². The minimum atomic E-state index is -0.122. The first-order chi connectivity index (χ1) is 7.98. The molecular formula is C14H21NO2. The van der Waals surface area contributed by atoms with E-state index in [-0.39, 0.29) is 11.6 Å². The second-order valence-corrected chi connectivity index (χ2v) is 5.40. The summed E-state index contributed by atoms with van der Waals surface area (Å²) in [7, 11) is 0. The Morgan fingerprint density at radius 2 is 2.24 bits per heavy atom. The third-order valence-electron chi connectivity index (χ3n) is 2.89. The van der Waals surface area contributed by atoms with Crippen LogP contribution in [-0.2, 0) is 6.42 Å². The average molecular weight is 235 g/mol. The van der Waals surface area contributed by atoms with Gasteiger partial charge in [0.05, 0.1) is 6.61 Å². The predicted octanol–water partition coefficient (Wildman–Crippen LogP) is 2.52. The molecule has 3 heteroatoms. The molecule has 1 aliphatic rings.